The van der Waals surface area contributed by atoms with E-state index in [0.29, 0.717) is 54.6 Å². The molecule has 1 aromatic heterocycles. The van der Waals surface area contributed by atoms with Crippen LogP contribution >= 0.6 is 0 Å². The van der Waals surface area contributed by atoms with Crippen LogP contribution in [-0.4, -0.2) is 53.3 Å². The van der Waals surface area contributed by atoms with Crippen LogP contribution < -0.4 is 15.5 Å². The predicted molar refractivity (Wildman–Crippen MR) is 144 cm³/mol. The summed E-state index contributed by atoms with van der Waals surface area (Å²) in [6.07, 6.45) is 3.40. The monoisotopic (exact) mass is 545 g/mol. The number of piperidine rings is 1. The fraction of sp³-hybridized carbons (Fsp3) is 0.333. The Balaban J connectivity index is 0.993. The minimum Gasteiger partial charge on any atom is -0.354 e. The van der Waals surface area contributed by atoms with E-state index in [1.165, 1.54) is 23.1 Å². The number of halogens is 2. The SMILES string of the molecule is O=C1CC(N2Cc3cc(CNCC4CCN(c5ncc(-c6cccc(F)c6)cc5F)CC4)ccc3C2=O)C(=O)N1. The van der Waals surface area contributed by atoms with Crippen molar-refractivity contribution in [2.24, 2.45) is 5.92 Å². The standard InChI is InChI=1S/C30H29F2N5O3/c31-23-3-1-2-20(11-23)21-12-25(32)28(34-16-21)36-8-6-18(7-9-36)14-33-15-19-4-5-24-22(10-19)17-37(30(24)40)26-13-27(38)35-29(26)39/h1-5,10-12,16,18,26,33H,6-9,13-15,17H2,(H,35,38,39). The van der Waals surface area contributed by atoms with Crippen LogP contribution in [0.3, 0.4) is 0 Å². The van der Waals surface area contributed by atoms with Gasteiger partial charge in [0.05, 0.1) is 6.42 Å². The number of amides is 3. The van der Waals surface area contributed by atoms with Gasteiger partial charge in [0.25, 0.3) is 5.91 Å². The number of benzene rings is 2. The summed E-state index contributed by atoms with van der Waals surface area (Å²) in [5, 5.41) is 5.77. The maximum Gasteiger partial charge on any atom is 0.255 e. The van der Waals surface area contributed by atoms with Gasteiger partial charge in [-0.15, -0.1) is 0 Å². The molecule has 0 radical (unpaired) electrons. The zero-order chi connectivity index (χ0) is 27.8. The molecular formula is C30H29F2N5O3. The zero-order valence-corrected chi connectivity index (χ0v) is 21.8. The van der Waals surface area contributed by atoms with Gasteiger partial charge < -0.3 is 15.1 Å². The number of nitrogens with zero attached hydrogens (tertiary/aromatic N) is 3. The minimum atomic E-state index is -0.741. The Morgan fingerprint density at radius 2 is 1.82 bits per heavy atom. The van der Waals surface area contributed by atoms with Crippen molar-refractivity contribution in [1.82, 2.24) is 20.5 Å². The molecule has 3 amide bonds. The van der Waals surface area contributed by atoms with Crippen molar-refractivity contribution in [3.63, 3.8) is 0 Å². The summed E-state index contributed by atoms with van der Waals surface area (Å²) in [5.74, 6) is -1.00. The lowest BCUT2D eigenvalue weighted by atomic mass is 9.96. The number of imide groups is 1. The number of pyridine rings is 1. The van der Waals surface area contributed by atoms with Crippen molar-refractivity contribution in [3.05, 3.63) is 83.1 Å². The van der Waals surface area contributed by atoms with Crippen LogP contribution in [0.4, 0.5) is 14.6 Å². The molecule has 6 rings (SSSR count). The van der Waals surface area contributed by atoms with Gasteiger partial charge in [-0.2, -0.15) is 0 Å². The number of fused-ring (bicyclic) bond motifs is 1. The summed E-state index contributed by atoms with van der Waals surface area (Å²) in [7, 11) is 0. The first kappa shape index (κ1) is 26.1. The Kier molecular flexibility index (Phi) is 7.02. The summed E-state index contributed by atoms with van der Waals surface area (Å²) >= 11 is 0. The van der Waals surface area contributed by atoms with E-state index < -0.39 is 17.8 Å². The third-order valence-corrected chi connectivity index (χ3v) is 7.98. The molecule has 8 nitrogen and oxygen atoms in total. The molecule has 0 bridgehead atoms. The molecule has 2 fully saturated rings. The molecule has 3 aliphatic heterocycles. The highest BCUT2D eigenvalue weighted by atomic mass is 19.1. The molecule has 4 heterocycles. The van der Waals surface area contributed by atoms with Crippen molar-refractivity contribution < 1.29 is 23.2 Å². The Labute approximate surface area is 230 Å². The number of carbonyl (C=O) groups excluding carboxylic acids is 3. The lowest BCUT2D eigenvalue weighted by molar-refractivity contribution is -0.126. The Morgan fingerprint density at radius 3 is 2.55 bits per heavy atom. The number of hydrogen-bond donors (Lipinski definition) is 2. The maximum atomic E-state index is 14.9. The molecule has 2 saturated heterocycles. The lowest BCUT2D eigenvalue weighted by Gasteiger charge is -2.33. The maximum absolute atomic E-state index is 14.9. The van der Waals surface area contributed by atoms with Crippen molar-refractivity contribution in [2.45, 2.75) is 38.4 Å². The second kappa shape index (κ2) is 10.8. The molecule has 10 heteroatoms. The number of aromatic nitrogens is 1. The smallest absolute Gasteiger partial charge is 0.255 e. The first-order chi connectivity index (χ1) is 19.4. The normalized spacial score (nSPS) is 19.4. The van der Waals surface area contributed by atoms with E-state index in [0.717, 1.165) is 30.5 Å². The molecule has 0 aliphatic carbocycles. The average molecular weight is 546 g/mol. The second-order valence-electron chi connectivity index (χ2n) is 10.7. The van der Waals surface area contributed by atoms with Gasteiger partial charge in [0.15, 0.2) is 11.6 Å². The van der Waals surface area contributed by atoms with Crippen molar-refractivity contribution >= 4 is 23.5 Å². The van der Waals surface area contributed by atoms with Crippen LogP contribution in [0.5, 0.6) is 0 Å². The topological polar surface area (TPSA) is 94.6 Å². The Bertz CT molecular complexity index is 1490. The quantitative estimate of drug-likeness (QED) is 0.442. The van der Waals surface area contributed by atoms with Crippen LogP contribution in [0.1, 0.15) is 40.7 Å². The largest absolute Gasteiger partial charge is 0.354 e. The number of nitrogens with one attached hydrogen (secondary N) is 2. The minimum absolute atomic E-state index is 0.00865. The van der Waals surface area contributed by atoms with E-state index in [9.17, 15) is 23.2 Å². The first-order valence-corrected chi connectivity index (χ1v) is 13.5. The fourth-order valence-corrected chi connectivity index (χ4v) is 5.81. The van der Waals surface area contributed by atoms with Crippen LogP contribution in [0.25, 0.3) is 11.1 Å². The van der Waals surface area contributed by atoms with Gasteiger partial charge in [0.2, 0.25) is 11.8 Å². The molecule has 40 heavy (non-hydrogen) atoms. The summed E-state index contributed by atoms with van der Waals surface area (Å²) < 4.78 is 28.4. The number of anilines is 1. The second-order valence-corrected chi connectivity index (χ2v) is 10.7. The predicted octanol–water partition coefficient (Wildman–Crippen LogP) is 3.40. The lowest BCUT2D eigenvalue weighted by Crippen LogP contribution is -2.40. The number of rotatable bonds is 7. The van der Waals surface area contributed by atoms with Crippen molar-refractivity contribution in [3.8, 4) is 11.1 Å². The number of carbonyl (C=O) groups is 3. The summed E-state index contributed by atoms with van der Waals surface area (Å²) in [6.45, 7) is 3.17. The molecular weight excluding hydrogens is 516 g/mol. The van der Waals surface area contributed by atoms with Crippen LogP contribution in [0, 0.1) is 17.6 Å². The Morgan fingerprint density at radius 1 is 1.00 bits per heavy atom. The van der Waals surface area contributed by atoms with E-state index in [1.54, 1.807) is 24.4 Å². The first-order valence-electron chi connectivity index (χ1n) is 13.5. The highest BCUT2D eigenvalue weighted by molar-refractivity contribution is 6.09. The molecule has 3 aromatic rings. The average Bonchev–Trinajstić information content (AvgIpc) is 3.45. The van der Waals surface area contributed by atoms with Gasteiger partial charge >= 0.3 is 0 Å². The molecule has 206 valence electrons. The van der Waals surface area contributed by atoms with Gasteiger partial charge in [-0.25, -0.2) is 13.8 Å². The summed E-state index contributed by atoms with van der Waals surface area (Å²) in [4.78, 5) is 44.2. The van der Waals surface area contributed by atoms with Gasteiger partial charge in [0, 0.05) is 43.5 Å². The van der Waals surface area contributed by atoms with E-state index in [4.69, 9.17) is 0 Å². The molecule has 1 unspecified atom stereocenters. The van der Waals surface area contributed by atoms with E-state index in [1.807, 2.05) is 17.0 Å². The van der Waals surface area contributed by atoms with Gasteiger partial charge in [-0.3, -0.25) is 19.7 Å². The van der Waals surface area contributed by atoms with Gasteiger partial charge in [-0.1, -0.05) is 24.3 Å². The van der Waals surface area contributed by atoms with E-state index >= 15 is 0 Å². The molecule has 3 aliphatic rings. The fourth-order valence-electron chi connectivity index (χ4n) is 5.81. The summed E-state index contributed by atoms with van der Waals surface area (Å²) in [5.41, 5.74) is 3.62. The van der Waals surface area contributed by atoms with Crippen molar-refractivity contribution in [2.75, 3.05) is 24.5 Å². The zero-order valence-electron chi connectivity index (χ0n) is 21.8. The van der Waals surface area contributed by atoms with Gasteiger partial charge in [0.1, 0.15) is 11.9 Å². The molecule has 0 saturated carbocycles. The van der Waals surface area contributed by atoms with Crippen molar-refractivity contribution in [1.29, 1.82) is 0 Å². The van der Waals surface area contributed by atoms with Crippen LogP contribution in [0.15, 0.2) is 54.7 Å². The van der Waals surface area contributed by atoms with E-state index in [-0.39, 0.29) is 24.1 Å². The van der Waals surface area contributed by atoms with Crippen LogP contribution in [-0.2, 0) is 22.7 Å². The van der Waals surface area contributed by atoms with E-state index in [2.05, 4.69) is 15.6 Å². The number of hydrogen-bond acceptors (Lipinski definition) is 6. The third-order valence-electron chi connectivity index (χ3n) is 7.98. The summed E-state index contributed by atoms with van der Waals surface area (Å²) in [6, 6.07) is 12.4. The highest BCUT2D eigenvalue weighted by Gasteiger charge is 2.41. The molecule has 0 spiro atoms. The Hall–Kier alpha value is -4.18. The molecule has 2 aromatic carbocycles. The molecule has 1 atom stereocenters. The molecule has 2 N–H and O–H groups in total. The van der Waals surface area contributed by atoms with Crippen LogP contribution in [0.2, 0.25) is 0 Å². The van der Waals surface area contributed by atoms with Gasteiger partial charge in [-0.05, 0) is 66.3 Å². The highest BCUT2D eigenvalue weighted by Crippen LogP contribution is 2.29. The third kappa shape index (κ3) is 5.19.